The lowest BCUT2D eigenvalue weighted by Crippen LogP contribution is -2.22. The fourth-order valence-corrected chi connectivity index (χ4v) is 2.79. The van der Waals surface area contributed by atoms with Crippen LogP contribution in [0.1, 0.15) is 24.0 Å². The monoisotopic (exact) mass is 351 g/mol. The van der Waals surface area contributed by atoms with Gasteiger partial charge in [0.15, 0.2) is 0 Å². The number of nitrogens with one attached hydrogen (secondary N) is 1. The van der Waals surface area contributed by atoms with Crippen LogP contribution in [0.5, 0.6) is 0 Å². The van der Waals surface area contributed by atoms with Crippen LogP contribution in [0.25, 0.3) is 0 Å². The van der Waals surface area contributed by atoms with Gasteiger partial charge in [0.1, 0.15) is 0 Å². The highest BCUT2D eigenvalue weighted by molar-refractivity contribution is 9.10. The van der Waals surface area contributed by atoms with Crippen molar-refractivity contribution in [3.8, 4) is 0 Å². The molecule has 0 aliphatic carbocycles. The first-order valence-corrected chi connectivity index (χ1v) is 8.06. The van der Waals surface area contributed by atoms with Crippen LogP contribution in [-0.4, -0.2) is 13.1 Å². The Labute approximate surface area is 134 Å². The summed E-state index contributed by atoms with van der Waals surface area (Å²) in [6.45, 7) is 4.10. The first-order valence-electron chi connectivity index (χ1n) is 6.89. The molecule has 0 amide bonds. The fourth-order valence-electron chi connectivity index (χ4n) is 2.31. The molecule has 1 N–H and O–H groups in total. The maximum atomic E-state index is 6.08. The highest BCUT2D eigenvalue weighted by Gasteiger charge is 2.12. The fraction of sp³-hybridized carbons (Fsp3) is 0.294. The van der Waals surface area contributed by atoms with Gasteiger partial charge in [0.2, 0.25) is 0 Å². The number of hydrogen-bond donors (Lipinski definition) is 1. The molecule has 3 heteroatoms. The second kappa shape index (κ2) is 7.82. The molecule has 0 heterocycles. The minimum atomic E-state index is 0.460. The molecule has 0 aliphatic rings. The Bertz CT molecular complexity index is 539. The van der Waals surface area contributed by atoms with Crippen LogP contribution in [0, 0.1) is 0 Å². The lowest BCUT2D eigenvalue weighted by Gasteiger charge is -2.18. The van der Waals surface area contributed by atoms with Crippen molar-refractivity contribution in [3.05, 3.63) is 69.2 Å². The lowest BCUT2D eigenvalue weighted by molar-refractivity contribution is 0.595. The minimum Gasteiger partial charge on any atom is -0.316 e. The van der Waals surface area contributed by atoms with Gasteiger partial charge in [-0.2, -0.15) is 0 Å². The summed E-state index contributed by atoms with van der Waals surface area (Å²) < 4.78 is 1.12. The standard InChI is InChI=1S/C17H19BrClN/c1-2-20-12-15(14-6-8-16(18)9-7-14)10-13-4-3-5-17(19)11-13/h3-9,11,15,20H,2,10,12H2,1H3. The molecule has 0 saturated carbocycles. The molecule has 1 atom stereocenters. The van der Waals surface area contributed by atoms with Gasteiger partial charge >= 0.3 is 0 Å². The summed E-state index contributed by atoms with van der Waals surface area (Å²) in [5.74, 6) is 0.460. The normalized spacial score (nSPS) is 12.3. The zero-order chi connectivity index (χ0) is 14.4. The average molecular weight is 353 g/mol. The summed E-state index contributed by atoms with van der Waals surface area (Å²) in [7, 11) is 0. The predicted molar refractivity (Wildman–Crippen MR) is 90.6 cm³/mol. The molecule has 20 heavy (non-hydrogen) atoms. The van der Waals surface area contributed by atoms with Crippen LogP contribution >= 0.6 is 27.5 Å². The Morgan fingerprint density at radius 1 is 1.15 bits per heavy atom. The van der Waals surface area contributed by atoms with Gasteiger partial charge in [-0.1, -0.05) is 58.7 Å². The van der Waals surface area contributed by atoms with Crippen molar-refractivity contribution >= 4 is 27.5 Å². The van der Waals surface area contributed by atoms with Crippen molar-refractivity contribution in [2.24, 2.45) is 0 Å². The largest absolute Gasteiger partial charge is 0.316 e. The average Bonchev–Trinajstić information content (AvgIpc) is 2.44. The van der Waals surface area contributed by atoms with Crippen molar-refractivity contribution in [1.29, 1.82) is 0 Å². The summed E-state index contributed by atoms with van der Waals surface area (Å²) >= 11 is 9.57. The van der Waals surface area contributed by atoms with Gasteiger partial charge in [-0.15, -0.1) is 0 Å². The van der Waals surface area contributed by atoms with E-state index < -0.39 is 0 Å². The number of halogens is 2. The van der Waals surface area contributed by atoms with E-state index in [9.17, 15) is 0 Å². The molecule has 106 valence electrons. The topological polar surface area (TPSA) is 12.0 Å². The predicted octanol–water partition coefficient (Wildman–Crippen LogP) is 5.04. The zero-order valence-corrected chi connectivity index (χ0v) is 13.9. The summed E-state index contributed by atoms with van der Waals surface area (Å²) in [6.07, 6.45) is 0.995. The third kappa shape index (κ3) is 4.62. The molecule has 0 bridgehead atoms. The van der Waals surface area contributed by atoms with Gasteiger partial charge in [-0.3, -0.25) is 0 Å². The molecule has 0 fully saturated rings. The molecule has 0 aromatic heterocycles. The summed E-state index contributed by atoms with van der Waals surface area (Å²) in [6, 6.07) is 16.7. The Morgan fingerprint density at radius 3 is 2.55 bits per heavy atom. The smallest absolute Gasteiger partial charge is 0.0408 e. The van der Waals surface area contributed by atoms with Crippen molar-refractivity contribution in [2.75, 3.05) is 13.1 Å². The molecule has 2 aromatic rings. The van der Waals surface area contributed by atoms with Crippen LogP contribution in [0.4, 0.5) is 0 Å². The molecule has 1 unspecified atom stereocenters. The molecule has 0 aliphatic heterocycles. The number of rotatable bonds is 6. The maximum absolute atomic E-state index is 6.08. The quantitative estimate of drug-likeness (QED) is 0.768. The molecule has 0 saturated heterocycles. The van der Waals surface area contributed by atoms with E-state index in [2.05, 4.69) is 64.6 Å². The van der Waals surface area contributed by atoms with Crippen molar-refractivity contribution in [1.82, 2.24) is 5.32 Å². The van der Waals surface area contributed by atoms with E-state index in [4.69, 9.17) is 11.6 Å². The molecule has 0 spiro atoms. The van der Waals surface area contributed by atoms with Gasteiger partial charge in [-0.05, 0) is 48.4 Å². The van der Waals surface area contributed by atoms with Gasteiger partial charge in [0.25, 0.3) is 0 Å². The summed E-state index contributed by atoms with van der Waals surface area (Å²) in [5, 5.41) is 4.26. The van der Waals surface area contributed by atoms with Gasteiger partial charge < -0.3 is 5.32 Å². The van der Waals surface area contributed by atoms with E-state index in [1.54, 1.807) is 0 Å². The Hall–Kier alpha value is -0.830. The summed E-state index contributed by atoms with van der Waals surface area (Å²) in [4.78, 5) is 0. The zero-order valence-electron chi connectivity index (χ0n) is 11.6. The molecule has 1 nitrogen and oxygen atoms in total. The molecule has 2 rings (SSSR count). The van der Waals surface area contributed by atoms with Crippen LogP contribution < -0.4 is 5.32 Å². The molecular weight excluding hydrogens is 334 g/mol. The Balaban J connectivity index is 2.16. The molecule has 2 aromatic carbocycles. The third-order valence-electron chi connectivity index (χ3n) is 3.35. The second-order valence-electron chi connectivity index (χ2n) is 4.89. The highest BCUT2D eigenvalue weighted by Crippen LogP contribution is 2.23. The van der Waals surface area contributed by atoms with Crippen LogP contribution in [0.3, 0.4) is 0 Å². The van der Waals surface area contributed by atoms with Crippen molar-refractivity contribution < 1.29 is 0 Å². The summed E-state index contributed by atoms with van der Waals surface area (Å²) in [5.41, 5.74) is 2.64. The Morgan fingerprint density at radius 2 is 1.90 bits per heavy atom. The SMILES string of the molecule is CCNCC(Cc1cccc(Cl)c1)c1ccc(Br)cc1. The van der Waals surface area contributed by atoms with E-state index in [1.165, 1.54) is 11.1 Å². The first-order chi connectivity index (χ1) is 9.69. The lowest BCUT2D eigenvalue weighted by atomic mass is 9.92. The van der Waals surface area contributed by atoms with E-state index >= 15 is 0 Å². The second-order valence-corrected chi connectivity index (χ2v) is 6.24. The minimum absolute atomic E-state index is 0.460. The number of hydrogen-bond acceptors (Lipinski definition) is 1. The van der Waals surface area contributed by atoms with Crippen LogP contribution in [0.2, 0.25) is 5.02 Å². The molecular formula is C17H19BrClN. The van der Waals surface area contributed by atoms with Crippen LogP contribution in [0.15, 0.2) is 53.0 Å². The van der Waals surface area contributed by atoms with Gasteiger partial charge in [0.05, 0.1) is 0 Å². The third-order valence-corrected chi connectivity index (χ3v) is 4.12. The van der Waals surface area contributed by atoms with E-state index in [-0.39, 0.29) is 0 Å². The van der Waals surface area contributed by atoms with Gasteiger partial charge in [-0.25, -0.2) is 0 Å². The Kier molecular flexibility index (Phi) is 6.08. The van der Waals surface area contributed by atoms with Crippen molar-refractivity contribution in [3.63, 3.8) is 0 Å². The van der Waals surface area contributed by atoms with Gasteiger partial charge in [0, 0.05) is 22.0 Å². The van der Waals surface area contributed by atoms with Crippen molar-refractivity contribution in [2.45, 2.75) is 19.3 Å². The maximum Gasteiger partial charge on any atom is 0.0408 e. The van der Waals surface area contributed by atoms with E-state index in [0.717, 1.165) is 29.0 Å². The van der Waals surface area contributed by atoms with Crippen LogP contribution in [-0.2, 0) is 6.42 Å². The number of benzene rings is 2. The first kappa shape index (κ1) is 15.6. The van der Waals surface area contributed by atoms with E-state index in [0.29, 0.717) is 5.92 Å². The van der Waals surface area contributed by atoms with E-state index in [1.807, 2.05) is 12.1 Å². The number of likely N-dealkylation sites (N-methyl/N-ethyl adjacent to an activating group) is 1. The highest BCUT2D eigenvalue weighted by atomic mass is 79.9. The molecule has 0 radical (unpaired) electrons.